The molecular formula is C13H15N3O3. The van der Waals surface area contributed by atoms with Crippen molar-refractivity contribution >= 4 is 5.97 Å². The molecule has 0 aliphatic rings. The van der Waals surface area contributed by atoms with Gasteiger partial charge in [0.15, 0.2) is 11.4 Å². The van der Waals surface area contributed by atoms with Crippen molar-refractivity contribution in [3.05, 3.63) is 41.7 Å². The molecule has 2 aromatic rings. The van der Waals surface area contributed by atoms with Crippen LogP contribution < -0.4 is 4.74 Å². The number of pyridine rings is 1. The van der Waals surface area contributed by atoms with E-state index in [0.717, 1.165) is 12.4 Å². The Morgan fingerprint density at radius 2 is 2.26 bits per heavy atom. The molecule has 2 aromatic heterocycles. The second kappa shape index (κ2) is 5.51. The molecule has 0 fully saturated rings. The Hall–Kier alpha value is -2.37. The van der Waals surface area contributed by atoms with Crippen molar-refractivity contribution in [2.45, 2.75) is 27.0 Å². The first-order chi connectivity index (χ1) is 9.11. The minimum absolute atomic E-state index is 0.0744. The number of nitrogens with zero attached hydrogens (tertiary/aromatic N) is 3. The van der Waals surface area contributed by atoms with Crippen LogP contribution in [-0.2, 0) is 13.2 Å². The van der Waals surface area contributed by atoms with Gasteiger partial charge in [0, 0.05) is 24.6 Å². The van der Waals surface area contributed by atoms with E-state index >= 15 is 0 Å². The van der Waals surface area contributed by atoms with Gasteiger partial charge in [0.1, 0.15) is 12.4 Å². The molecule has 19 heavy (non-hydrogen) atoms. The average Bonchev–Trinajstić information content (AvgIpc) is 2.84. The number of imidazole rings is 1. The first-order valence-corrected chi connectivity index (χ1v) is 5.95. The number of aryl methyl sites for hydroxylation is 2. The summed E-state index contributed by atoms with van der Waals surface area (Å²) in [5, 5.41) is 9.08. The zero-order valence-electron chi connectivity index (χ0n) is 10.8. The number of hydrogen-bond donors (Lipinski definition) is 1. The van der Waals surface area contributed by atoms with E-state index in [2.05, 4.69) is 9.97 Å². The lowest BCUT2D eigenvalue weighted by molar-refractivity contribution is 0.0684. The number of hydrogen-bond acceptors (Lipinski definition) is 4. The maximum absolute atomic E-state index is 11.1. The fourth-order valence-corrected chi connectivity index (χ4v) is 1.72. The molecule has 2 rings (SSSR count). The van der Waals surface area contributed by atoms with Gasteiger partial charge in [-0.1, -0.05) is 0 Å². The van der Waals surface area contributed by atoms with Crippen LogP contribution in [-0.4, -0.2) is 25.6 Å². The summed E-state index contributed by atoms with van der Waals surface area (Å²) in [6.45, 7) is 4.74. The molecule has 0 saturated heterocycles. The van der Waals surface area contributed by atoms with Crippen molar-refractivity contribution in [3.8, 4) is 5.75 Å². The molecule has 0 atom stereocenters. The molecule has 2 heterocycles. The number of carbonyl (C=O) groups is 1. The monoisotopic (exact) mass is 261 g/mol. The molecule has 0 aromatic carbocycles. The molecule has 100 valence electrons. The molecule has 0 aliphatic heterocycles. The lowest BCUT2D eigenvalue weighted by Crippen LogP contribution is -2.09. The predicted molar refractivity (Wildman–Crippen MR) is 68.2 cm³/mol. The Balaban J connectivity index is 2.18. The van der Waals surface area contributed by atoms with Gasteiger partial charge in [-0.05, 0) is 26.0 Å². The lowest BCUT2D eigenvalue weighted by Gasteiger charge is -2.09. The highest BCUT2D eigenvalue weighted by Gasteiger charge is 2.14. The van der Waals surface area contributed by atoms with Gasteiger partial charge in [0.25, 0.3) is 0 Å². The largest absolute Gasteiger partial charge is 0.483 e. The molecule has 6 heteroatoms. The SMILES string of the molecule is CCn1ccnc1COc1ccc(C)nc1C(=O)O. The summed E-state index contributed by atoms with van der Waals surface area (Å²) in [5.41, 5.74) is 0.564. The second-order valence-corrected chi connectivity index (χ2v) is 4.02. The van der Waals surface area contributed by atoms with Crippen molar-refractivity contribution in [2.24, 2.45) is 0 Å². The summed E-state index contributed by atoms with van der Waals surface area (Å²) < 4.78 is 7.45. The molecule has 0 bridgehead atoms. The van der Waals surface area contributed by atoms with E-state index in [1.165, 1.54) is 0 Å². The molecule has 0 radical (unpaired) electrons. The number of aromatic nitrogens is 3. The first-order valence-electron chi connectivity index (χ1n) is 5.95. The Morgan fingerprint density at radius 3 is 2.95 bits per heavy atom. The van der Waals surface area contributed by atoms with Crippen molar-refractivity contribution < 1.29 is 14.6 Å². The Labute approximate surface area is 110 Å². The standard InChI is InChI=1S/C13H15N3O3/c1-3-16-7-6-14-11(16)8-19-10-5-4-9(2)15-12(10)13(17)18/h4-7H,3,8H2,1-2H3,(H,17,18). The summed E-state index contributed by atoms with van der Waals surface area (Å²) in [6.07, 6.45) is 3.54. The van der Waals surface area contributed by atoms with Crippen LogP contribution in [0.5, 0.6) is 5.75 Å². The fraction of sp³-hybridized carbons (Fsp3) is 0.308. The predicted octanol–water partition coefficient (Wildman–Crippen LogP) is 1.88. The van der Waals surface area contributed by atoms with E-state index in [4.69, 9.17) is 9.84 Å². The topological polar surface area (TPSA) is 77.2 Å². The quantitative estimate of drug-likeness (QED) is 0.889. The summed E-state index contributed by atoms with van der Waals surface area (Å²) in [5.74, 6) is -0.0966. The normalized spacial score (nSPS) is 10.4. The Morgan fingerprint density at radius 1 is 1.47 bits per heavy atom. The third-order valence-electron chi connectivity index (χ3n) is 2.70. The number of ether oxygens (including phenoxy) is 1. The van der Waals surface area contributed by atoms with Gasteiger partial charge in [-0.15, -0.1) is 0 Å². The van der Waals surface area contributed by atoms with Gasteiger partial charge >= 0.3 is 5.97 Å². The summed E-state index contributed by atoms with van der Waals surface area (Å²) in [6, 6.07) is 3.33. The van der Waals surface area contributed by atoms with E-state index < -0.39 is 5.97 Å². The highest BCUT2D eigenvalue weighted by atomic mass is 16.5. The molecule has 0 spiro atoms. The molecule has 6 nitrogen and oxygen atoms in total. The zero-order chi connectivity index (χ0) is 13.8. The molecule has 1 N–H and O–H groups in total. The van der Waals surface area contributed by atoms with E-state index in [1.54, 1.807) is 25.3 Å². The zero-order valence-corrected chi connectivity index (χ0v) is 10.8. The van der Waals surface area contributed by atoms with E-state index in [0.29, 0.717) is 5.69 Å². The van der Waals surface area contributed by atoms with Crippen LogP contribution >= 0.6 is 0 Å². The summed E-state index contributed by atoms with van der Waals surface area (Å²) >= 11 is 0. The van der Waals surface area contributed by atoms with Crippen molar-refractivity contribution in [3.63, 3.8) is 0 Å². The van der Waals surface area contributed by atoms with Crippen LogP contribution in [0.1, 0.15) is 28.9 Å². The van der Waals surface area contributed by atoms with Gasteiger partial charge in [-0.25, -0.2) is 14.8 Å². The van der Waals surface area contributed by atoms with Gasteiger partial charge in [0.05, 0.1) is 0 Å². The van der Waals surface area contributed by atoms with Crippen LogP contribution in [0, 0.1) is 6.92 Å². The van der Waals surface area contributed by atoms with Crippen molar-refractivity contribution in [1.29, 1.82) is 0 Å². The summed E-state index contributed by atoms with van der Waals surface area (Å²) in [7, 11) is 0. The second-order valence-electron chi connectivity index (χ2n) is 4.02. The maximum Gasteiger partial charge on any atom is 0.358 e. The van der Waals surface area contributed by atoms with E-state index in [9.17, 15) is 4.79 Å². The molecule has 0 amide bonds. The van der Waals surface area contributed by atoms with Gasteiger partial charge in [0.2, 0.25) is 0 Å². The van der Waals surface area contributed by atoms with E-state index in [-0.39, 0.29) is 18.1 Å². The van der Waals surface area contributed by atoms with Gasteiger partial charge in [-0.3, -0.25) is 0 Å². The Bertz CT molecular complexity index is 593. The van der Waals surface area contributed by atoms with Gasteiger partial charge in [-0.2, -0.15) is 0 Å². The number of rotatable bonds is 5. The van der Waals surface area contributed by atoms with Crippen molar-refractivity contribution in [1.82, 2.24) is 14.5 Å². The molecule has 0 aliphatic carbocycles. The molecule has 0 unspecified atom stereocenters. The van der Waals surface area contributed by atoms with Gasteiger partial charge < -0.3 is 14.4 Å². The smallest absolute Gasteiger partial charge is 0.358 e. The van der Waals surface area contributed by atoms with Crippen LogP contribution in [0.2, 0.25) is 0 Å². The summed E-state index contributed by atoms with van der Waals surface area (Å²) in [4.78, 5) is 19.2. The molecule has 0 saturated carbocycles. The fourth-order valence-electron chi connectivity index (χ4n) is 1.72. The minimum Gasteiger partial charge on any atom is -0.483 e. The van der Waals surface area contributed by atoms with Crippen LogP contribution in [0.15, 0.2) is 24.5 Å². The lowest BCUT2D eigenvalue weighted by atomic mass is 10.3. The first kappa shape index (κ1) is 13.1. The minimum atomic E-state index is -1.10. The number of carboxylic acid groups (broad SMARTS) is 1. The van der Waals surface area contributed by atoms with Crippen LogP contribution in [0.25, 0.3) is 0 Å². The number of aromatic carboxylic acids is 1. The van der Waals surface area contributed by atoms with E-state index in [1.807, 2.05) is 17.7 Å². The molecular weight excluding hydrogens is 246 g/mol. The average molecular weight is 261 g/mol. The highest BCUT2D eigenvalue weighted by Crippen LogP contribution is 2.18. The van der Waals surface area contributed by atoms with Crippen LogP contribution in [0.4, 0.5) is 0 Å². The number of carboxylic acids is 1. The highest BCUT2D eigenvalue weighted by molar-refractivity contribution is 5.88. The Kier molecular flexibility index (Phi) is 3.79. The third kappa shape index (κ3) is 2.90. The maximum atomic E-state index is 11.1. The van der Waals surface area contributed by atoms with Crippen LogP contribution in [0.3, 0.4) is 0 Å². The third-order valence-corrected chi connectivity index (χ3v) is 2.70. The van der Waals surface area contributed by atoms with Crippen molar-refractivity contribution in [2.75, 3.05) is 0 Å².